The molecular weight excluding hydrogens is 276 g/mol. The standard InChI is InChI=1S/C5H12O.4C3H6.C2H6O2/c1-3-4-5-6-2;4*1-3-2;3-1-2-4/h3-5H2,1-2H3;4*3H,1H2,2H3;3-4H,1-2H2. The molecule has 0 saturated heterocycles. The zero-order chi connectivity index (χ0) is 19.1. The average molecular weight is 319 g/mol. The van der Waals surface area contributed by atoms with Crippen molar-refractivity contribution >= 4 is 0 Å². The van der Waals surface area contributed by atoms with E-state index in [9.17, 15) is 0 Å². The summed E-state index contributed by atoms with van der Waals surface area (Å²) >= 11 is 0. The van der Waals surface area contributed by atoms with Gasteiger partial charge < -0.3 is 14.9 Å². The van der Waals surface area contributed by atoms with Crippen LogP contribution in [0.3, 0.4) is 0 Å². The molecule has 0 aromatic heterocycles. The number of methoxy groups -OCH3 is 1. The van der Waals surface area contributed by atoms with E-state index in [1.54, 1.807) is 31.4 Å². The number of rotatable bonds is 4. The van der Waals surface area contributed by atoms with Crippen LogP contribution in [0.4, 0.5) is 0 Å². The SMILES string of the molecule is C=CC.C=CC.C=CC.C=CC.CCCCOC.OCCO. The van der Waals surface area contributed by atoms with Crippen molar-refractivity contribution in [3.05, 3.63) is 50.6 Å². The summed E-state index contributed by atoms with van der Waals surface area (Å²) in [5.41, 5.74) is 0. The van der Waals surface area contributed by atoms with Crippen molar-refractivity contribution in [2.24, 2.45) is 0 Å². The van der Waals surface area contributed by atoms with Gasteiger partial charge in [-0.1, -0.05) is 37.6 Å². The molecule has 2 N–H and O–H groups in total. The fraction of sp³-hybridized carbons (Fsp3) is 0.579. The quantitative estimate of drug-likeness (QED) is 0.555. The van der Waals surface area contributed by atoms with Crippen molar-refractivity contribution in [2.75, 3.05) is 26.9 Å². The number of unbranched alkanes of at least 4 members (excludes halogenated alkanes) is 1. The lowest BCUT2D eigenvalue weighted by Gasteiger charge is -1.89. The van der Waals surface area contributed by atoms with Crippen molar-refractivity contribution in [1.82, 2.24) is 0 Å². The van der Waals surface area contributed by atoms with Crippen LogP contribution in [0.2, 0.25) is 0 Å². The van der Waals surface area contributed by atoms with Crippen molar-refractivity contribution in [2.45, 2.75) is 47.5 Å². The molecule has 22 heavy (non-hydrogen) atoms. The van der Waals surface area contributed by atoms with E-state index in [0.29, 0.717) is 0 Å². The molecule has 0 aromatic carbocycles. The van der Waals surface area contributed by atoms with Crippen molar-refractivity contribution < 1.29 is 14.9 Å². The van der Waals surface area contributed by atoms with Crippen LogP contribution >= 0.6 is 0 Å². The van der Waals surface area contributed by atoms with Crippen LogP contribution in [0.15, 0.2) is 50.6 Å². The number of allylic oxidation sites excluding steroid dienone is 4. The molecule has 3 nitrogen and oxygen atoms in total. The topological polar surface area (TPSA) is 49.7 Å². The van der Waals surface area contributed by atoms with Gasteiger partial charge in [0.1, 0.15) is 0 Å². The Morgan fingerprint density at radius 3 is 1.05 bits per heavy atom. The van der Waals surface area contributed by atoms with E-state index in [1.807, 2.05) is 27.7 Å². The van der Waals surface area contributed by atoms with E-state index in [4.69, 9.17) is 14.9 Å². The third-order valence-electron chi connectivity index (χ3n) is 0.802. The molecule has 0 amide bonds. The monoisotopic (exact) mass is 318 g/mol. The Bertz CT molecular complexity index is 125. The number of hydrogen-bond acceptors (Lipinski definition) is 3. The molecule has 0 aliphatic carbocycles. The first kappa shape index (κ1) is 37.2. The first-order chi connectivity index (χ1) is 10.5. The minimum atomic E-state index is -0.125. The maximum atomic E-state index is 7.62. The third-order valence-corrected chi connectivity index (χ3v) is 0.802. The van der Waals surface area contributed by atoms with Gasteiger partial charge in [0.05, 0.1) is 13.2 Å². The molecule has 0 radical (unpaired) electrons. The van der Waals surface area contributed by atoms with Crippen LogP contribution < -0.4 is 0 Å². The van der Waals surface area contributed by atoms with Gasteiger partial charge in [-0.3, -0.25) is 0 Å². The van der Waals surface area contributed by atoms with Crippen LogP contribution in [0, 0.1) is 0 Å². The highest BCUT2D eigenvalue weighted by Crippen LogP contribution is 1.83. The summed E-state index contributed by atoms with van der Waals surface area (Å²) < 4.78 is 4.78. The van der Waals surface area contributed by atoms with Crippen LogP contribution in [0.1, 0.15) is 47.5 Å². The molecule has 0 rings (SSSR count). The smallest absolute Gasteiger partial charge is 0.0662 e. The van der Waals surface area contributed by atoms with E-state index in [-0.39, 0.29) is 13.2 Å². The fourth-order valence-corrected chi connectivity index (χ4v) is 0.289. The minimum absolute atomic E-state index is 0.125. The first-order valence-electron chi connectivity index (χ1n) is 7.48. The second-order valence-electron chi connectivity index (χ2n) is 3.43. The lowest BCUT2D eigenvalue weighted by molar-refractivity contribution is 0.186. The number of aliphatic hydroxyl groups is 2. The van der Waals surface area contributed by atoms with E-state index in [2.05, 4.69) is 33.2 Å². The largest absolute Gasteiger partial charge is 0.394 e. The number of ether oxygens (including phenoxy) is 1. The Kier molecular flexibility index (Phi) is 153. The second kappa shape index (κ2) is 90.1. The van der Waals surface area contributed by atoms with Gasteiger partial charge in [0.25, 0.3) is 0 Å². The Hall–Kier alpha value is -1.16. The summed E-state index contributed by atoms with van der Waals surface area (Å²) in [6, 6.07) is 0. The molecule has 0 atom stereocenters. The summed E-state index contributed by atoms with van der Waals surface area (Å²) in [5.74, 6) is 0. The molecule has 0 unspecified atom stereocenters. The Morgan fingerprint density at radius 2 is 1.00 bits per heavy atom. The molecule has 0 saturated carbocycles. The Morgan fingerprint density at radius 1 is 0.773 bits per heavy atom. The molecule has 136 valence electrons. The summed E-state index contributed by atoms with van der Waals surface area (Å²) in [6.07, 6.45) is 9.42. The zero-order valence-electron chi connectivity index (χ0n) is 16.0. The highest BCUT2D eigenvalue weighted by atomic mass is 16.5. The van der Waals surface area contributed by atoms with Crippen LogP contribution in [0.25, 0.3) is 0 Å². The molecule has 3 heteroatoms. The van der Waals surface area contributed by atoms with E-state index >= 15 is 0 Å². The van der Waals surface area contributed by atoms with Crippen LogP contribution in [-0.2, 0) is 4.74 Å². The van der Waals surface area contributed by atoms with Gasteiger partial charge in [0.15, 0.2) is 0 Å². The maximum Gasteiger partial charge on any atom is 0.0662 e. The molecule has 0 spiro atoms. The number of hydrogen-bond donors (Lipinski definition) is 2. The summed E-state index contributed by atoms with van der Waals surface area (Å²) in [7, 11) is 1.73. The molecule has 0 aromatic rings. The van der Waals surface area contributed by atoms with Crippen LogP contribution in [-0.4, -0.2) is 37.1 Å². The molecule has 0 heterocycles. The molecule has 0 bridgehead atoms. The minimum Gasteiger partial charge on any atom is -0.394 e. The lowest BCUT2D eigenvalue weighted by atomic mass is 10.4. The van der Waals surface area contributed by atoms with Crippen molar-refractivity contribution in [1.29, 1.82) is 0 Å². The van der Waals surface area contributed by atoms with E-state index in [0.717, 1.165) is 6.61 Å². The fourth-order valence-electron chi connectivity index (χ4n) is 0.289. The first-order valence-corrected chi connectivity index (χ1v) is 7.48. The van der Waals surface area contributed by atoms with E-state index < -0.39 is 0 Å². The van der Waals surface area contributed by atoms with Crippen molar-refractivity contribution in [3.8, 4) is 0 Å². The second-order valence-corrected chi connectivity index (χ2v) is 3.43. The van der Waals surface area contributed by atoms with E-state index in [1.165, 1.54) is 12.8 Å². The predicted molar refractivity (Wildman–Crippen MR) is 104 cm³/mol. The Labute approximate surface area is 140 Å². The predicted octanol–water partition coefficient (Wildman–Crippen LogP) is 5.17. The van der Waals surface area contributed by atoms with Crippen LogP contribution in [0.5, 0.6) is 0 Å². The average Bonchev–Trinajstić information content (AvgIpc) is 2.49. The zero-order valence-corrected chi connectivity index (χ0v) is 16.0. The van der Waals surface area contributed by atoms with Gasteiger partial charge in [-0.05, 0) is 34.1 Å². The number of aliphatic hydroxyl groups excluding tert-OH is 2. The van der Waals surface area contributed by atoms with Crippen molar-refractivity contribution in [3.63, 3.8) is 0 Å². The molecule has 0 aliphatic heterocycles. The summed E-state index contributed by atoms with van der Waals surface area (Å²) in [6.45, 7) is 23.8. The van der Waals surface area contributed by atoms with Gasteiger partial charge in [-0.25, -0.2) is 0 Å². The maximum absolute atomic E-state index is 7.62. The van der Waals surface area contributed by atoms with Gasteiger partial charge in [-0.2, -0.15) is 0 Å². The highest BCUT2D eigenvalue weighted by Gasteiger charge is 1.74. The van der Waals surface area contributed by atoms with Gasteiger partial charge in [0.2, 0.25) is 0 Å². The molecule has 0 aliphatic rings. The highest BCUT2D eigenvalue weighted by molar-refractivity contribution is 4.52. The summed E-state index contributed by atoms with van der Waals surface area (Å²) in [5, 5.41) is 15.2. The normalized spacial score (nSPS) is 6.18. The van der Waals surface area contributed by atoms with Gasteiger partial charge in [-0.15, -0.1) is 26.3 Å². The van der Waals surface area contributed by atoms with Gasteiger partial charge in [0, 0.05) is 13.7 Å². The third kappa shape index (κ3) is 743. The van der Waals surface area contributed by atoms with Gasteiger partial charge >= 0.3 is 0 Å². The summed E-state index contributed by atoms with van der Waals surface area (Å²) in [4.78, 5) is 0. The molecular formula is C19H42O3. The molecule has 0 fully saturated rings. The Balaban J connectivity index is -0.0000000360. The lowest BCUT2D eigenvalue weighted by Crippen LogP contribution is -1.85.